The van der Waals surface area contributed by atoms with Gasteiger partial charge in [-0.1, -0.05) is 0 Å². The lowest BCUT2D eigenvalue weighted by Crippen LogP contribution is -2.43. The van der Waals surface area contributed by atoms with Gasteiger partial charge in [0.1, 0.15) is 0 Å². The van der Waals surface area contributed by atoms with Gasteiger partial charge < -0.3 is 10.6 Å². The molecule has 1 rings (SSSR count). The highest BCUT2D eigenvalue weighted by atomic mass is 16.2. The number of likely N-dealkylation sites (tertiary alicyclic amines) is 1. The van der Waals surface area contributed by atoms with Crippen LogP contribution in [0.3, 0.4) is 0 Å². The maximum absolute atomic E-state index is 11.3. The van der Waals surface area contributed by atoms with Gasteiger partial charge in [-0.3, -0.25) is 9.69 Å². The zero-order chi connectivity index (χ0) is 9.30. The first kappa shape index (κ1) is 8.99. The van der Waals surface area contributed by atoms with Crippen LogP contribution in [0.2, 0.25) is 0 Å². The SMILES string of the molecule is CN(C)C(=O)N1CC[C@H](N)C1=O. The fraction of sp³-hybridized carbons (Fsp3) is 0.714. The molecular formula is C7H13N3O2. The first-order valence-electron chi connectivity index (χ1n) is 3.82. The molecule has 0 aromatic carbocycles. The molecule has 1 heterocycles. The highest BCUT2D eigenvalue weighted by Gasteiger charge is 2.33. The van der Waals surface area contributed by atoms with E-state index in [2.05, 4.69) is 0 Å². The van der Waals surface area contributed by atoms with Gasteiger partial charge in [-0.2, -0.15) is 0 Å². The largest absolute Gasteiger partial charge is 0.330 e. The van der Waals surface area contributed by atoms with Gasteiger partial charge in [0.05, 0.1) is 6.04 Å². The molecule has 1 aliphatic heterocycles. The molecule has 1 fully saturated rings. The molecule has 68 valence electrons. The molecule has 0 spiro atoms. The summed E-state index contributed by atoms with van der Waals surface area (Å²) in [6, 6.07) is -0.776. The molecule has 5 nitrogen and oxygen atoms in total. The van der Waals surface area contributed by atoms with Crippen LogP contribution >= 0.6 is 0 Å². The maximum Gasteiger partial charge on any atom is 0.326 e. The summed E-state index contributed by atoms with van der Waals surface area (Å²) < 4.78 is 0. The first-order valence-corrected chi connectivity index (χ1v) is 3.82. The van der Waals surface area contributed by atoms with Gasteiger partial charge in [0.15, 0.2) is 0 Å². The van der Waals surface area contributed by atoms with Crippen LogP contribution < -0.4 is 5.73 Å². The van der Waals surface area contributed by atoms with Crippen LogP contribution in [0.1, 0.15) is 6.42 Å². The van der Waals surface area contributed by atoms with Crippen LogP contribution in [0, 0.1) is 0 Å². The predicted molar refractivity (Wildman–Crippen MR) is 43.4 cm³/mol. The van der Waals surface area contributed by atoms with E-state index < -0.39 is 6.04 Å². The number of hydrogen-bond acceptors (Lipinski definition) is 3. The zero-order valence-corrected chi connectivity index (χ0v) is 7.28. The van der Waals surface area contributed by atoms with Crippen molar-refractivity contribution in [2.24, 2.45) is 5.73 Å². The number of nitrogens with zero attached hydrogens (tertiary/aromatic N) is 2. The van der Waals surface area contributed by atoms with Gasteiger partial charge in [0.2, 0.25) is 5.91 Å². The van der Waals surface area contributed by atoms with Crippen molar-refractivity contribution in [1.29, 1.82) is 0 Å². The van der Waals surface area contributed by atoms with E-state index in [9.17, 15) is 9.59 Å². The van der Waals surface area contributed by atoms with Crippen molar-refractivity contribution in [2.45, 2.75) is 12.5 Å². The number of rotatable bonds is 0. The summed E-state index contributed by atoms with van der Waals surface area (Å²) in [5, 5.41) is 0. The van der Waals surface area contributed by atoms with E-state index in [0.29, 0.717) is 13.0 Å². The predicted octanol–water partition coefficient (Wildman–Crippen LogP) is -0.772. The quantitative estimate of drug-likeness (QED) is 0.520. The number of nitrogens with two attached hydrogens (primary N) is 1. The Balaban J connectivity index is 2.66. The Morgan fingerprint density at radius 2 is 2.25 bits per heavy atom. The van der Waals surface area contributed by atoms with E-state index in [-0.39, 0.29) is 11.9 Å². The van der Waals surface area contributed by atoms with Gasteiger partial charge in [-0.05, 0) is 6.42 Å². The minimum atomic E-state index is -0.492. The lowest BCUT2D eigenvalue weighted by molar-refractivity contribution is -0.126. The van der Waals surface area contributed by atoms with Gasteiger partial charge in [-0.15, -0.1) is 0 Å². The second-order valence-electron chi connectivity index (χ2n) is 3.06. The zero-order valence-electron chi connectivity index (χ0n) is 7.28. The van der Waals surface area contributed by atoms with E-state index in [1.807, 2.05) is 0 Å². The van der Waals surface area contributed by atoms with E-state index in [0.717, 1.165) is 0 Å². The molecule has 3 amide bonds. The summed E-state index contributed by atoms with van der Waals surface area (Å²) in [6.07, 6.45) is 0.568. The molecule has 0 bridgehead atoms. The number of hydrogen-bond donors (Lipinski definition) is 1. The smallest absolute Gasteiger partial charge is 0.326 e. The molecule has 2 N–H and O–H groups in total. The Hall–Kier alpha value is -1.10. The fourth-order valence-corrected chi connectivity index (χ4v) is 1.13. The summed E-state index contributed by atoms with van der Waals surface area (Å²) in [5.74, 6) is -0.270. The topological polar surface area (TPSA) is 66.6 Å². The van der Waals surface area contributed by atoms with Gasteiger partial charge >= 0.3 is 6.03 Å². The number of carbonyl (C=O) groups is 2. The van der Waals surface area contributed by atoms with Crippen molar-refractivity contribution < 1.29 is 9.59 Å². The summed E-state index contributed by atoms with van der Waals surface area (Å²) in [5.41, 5.74) is 5.44. The highest BCUT2D eigenvalue weighted by Crippen LogP contribution is 2.10. The molecule has 0 aliphatic carbocycles. The van der Waals surface area contributed by atoms with Gasteiger partial charge in [-0.25, -0.2) is 4.79 Å². The first-order chi connectivity index (χ1) is 5.54. The molecule has 0 unspecified atom stereocenters. The molecule has 0 radical (unpaired) electrons. The van der Waals surface area contributed by atoms with Crippen LogP contribution in [0.15, 0.2) is 0 Å². The Labute approximate surface area is 71.1 Å². The Bertz CT molecular complexity index is 215. The highest BCUT2D eigenvalue weighted by molar-refractivity contribution is 5.98. The molecule has 0 aromatic rings. The molecule has 1 saturated heterocycles. The third kappa shape index (κ3) is 1.40. The van der Waals surface area contributed by atoms with Crippen LogP contribution in [0.5, 0.6) is 0 Å². The lowest BCUT2D eigenvalue weighted by atomic mass is 10.3. The van der Waals surface area contributed by atoms with Crippen LogP contribution in [-0.2, 0) is 4.79 Å². The average Bonchev–Trinajstić information content (AvgIpc) is 2.32. The Kier molecular flexibility index (Phi) is 2.32. The molecule has 1 aliphatic rings. The average molecular weight is 171 g/mol. The summed E-state index contributed by atoms with van der Waals surface area (Å²) in [6.45, 7) is 0.441. The number of carbonyl (C=O) groups excluding carboxylic acids is 2. The Morgan fingerprint density at radius 3 is 2.58 bits per heavy atom. The minimum absolute atomic E-state index is 0.270. The molecule has 0 saturated carbocycles. The molecule has 0 aromatic heterocycles. The maximum atomic E-state index is 11.3. The van der Waals surface area contributed by atoms with Crippen molar-refractivity contribution in [3.63, 3.8) is 0 Å². The second kappa shape index (κ2) is 3.10. The van der Waals surface area contributed by atoms with Crippen LogP contribution in [-0.4, -0.2) is 48.4 Å². The number of amides is 3. The van der Waals surface area contributed by atoms with Crippen LogP contribution in [0.4, 0.5) is 4.79 Å². The van der Waals surface area contributed by atoms with E-state index in [1.54, 1.807) is 14.1 Å². The molecule has 1 atom stereocenters. The molecule has 5 heteroatoms. The third-order valence-corrected chi connectivity index (χ3v) is 1.86. The normalized spacial score (nSPS) is 23.1. The minimum Gasteiger partial charge on any atom is -0.330 e. The summed E-state index contributed by atoms with van der Waals surface area (Å²) in [7, 11) is 3.22. The summed E-state index contributed by atoms with van der Waals surface area (Å²) in [4.78, 5) is 25.0. The van der Waals surface area contributed by atoms with E-state index >= 15 is 0 Å². The third-order valence-electron chi connectivity index (χ3n) is 1.86. The molecular weight excluding hydrogens is 158 g/mol. The van der Waals surface area contributed by atoms with Crippen LogP contribution in [0.25, 0.3) is 0 Å². The van der Waals surface area contributed by atoms with Gasteiger partial charge in [0, 0.05) is 20.6 Å². The van der Waals surface area contributed by atoms with Crippen molar-refractivity contribution >= 4 is 11.9 Å². The summed E-state index contributed by atoms with van der Waals surface area (Å²) >= 11 is 0. The second-order valence-corrected chi connectivity index (χ2v) is 3.06. The van der Waals surface area contributed by atoms with Gasteiger partial charge in [0.25, 0.3) is 0 Å². The fourth-order valence-electron chi connectivity index (χ4n) is 1.13. The van der Waals surface area contributed by atoms with Crippen molar-refractivity contribution in [2.75, 3.05) is 20.6 Å². The van der Waals surface area contributed by atoms with Crippen molar-refractivity contribution in [1.82, 2.24) is 9.80 Å². The monoisotopic (exact) mass is 171 g/mol. The lowest BCUT2D eigenvalue weighted by Gasteiger charge is -2.18. The Morgan fingerprint density at radius 1 is 1.67 bits per heavy atom. The standard InChI is InChI=1S/C7H13N3O2/c1-9(2)7(12)10-4-3-5(8)6(10)11/h5H,3-4,8H2,1-2H3/t5-/m0/s1. The number of urea groups is 1. The van der Waals surface area contributed by atoms with E-state index in [4.69, 9.17) is 5.73 Å². The van der Waals surface area contributed by atoms with E-state index in [1.165, 1.54) is 9.80 Å². The number of imide groups is 1. The van der Waals surface area contributed by atoms with Crippen molar-refractivity contribution in [3.8, 4) is 0 Å². The molecule has 12 heavy (non-hydrogen) atoms. The van der Waals surface area contributed by atoms with Crippen molar-refractivity contribution in [3.05, 3.63) is 0 Å².